The number of rotatable bonds is 3. The molecule has 4 heteroatoms. The van der Waals surface area contributed by atoms with Crippen LogP contribution in [0.2, 0.25) is 0 Å². The molecule has 0 atom stereocenters. The van der Waals surface area contributed by atoms with Crippen LogP contribution in [0.1, 0.15) is 11.3 Å². The Morgan fingerprint density at radius 2 is 2.00 bits per heavy atom. The molecule has 92 valence electrons. The molecule has 1 aromatic heterocycles. The molecule has 1 aromatic carbocycles. The third-order valence-electron chi connectivity index (χ3n) is 2.64. The van der Waals surface area contributed by atoms with Crippen LogP contribution in [0, 0.1) is 6.92 Å². The predicted molar refractivity (Wildman–Crippen MR) is 72.2 cm³/mol. The summed E-state index contributed by atoms with van der Waals surface area (Å²) in [5.41, 5.74) is 8.81. The number of aryl methyl sites for hydroxylation is 1. The predicted octanol–water partition coefficient (Wildman–Crippen LogP) is 2.15. The van der Waals surface area contributed by atoms with Gasteiger partial charge in [-0.2, -0.15) is 0 Å². The van der Waals surface area contributed by atoms with E-state index in [4.69, 9.17) is 5.73 Å². The van der Waals surface area contributed by atoms with Gasteiger partial charge in [0.25, 0.3) is 0 Å². The monoisotopic (exact) mass is 241 g/mol. The zero-order valence-corrected chi connectivity index (χ0v) is 10.2. The van der Waals surface area contributed by atoms with Crippen LogP contribution in [-0.4, -0.2) is 10.9 Å². The van der Waals surface area contributed by atoms with Crippen LogP contribution in [0.5, 0.6) is 0 Å². The second-order valence-corrected chi connectivity index (χ2v) is 4.11. The molecule has 0 aliphatic heterocycles. The number of hydrogen-bond acceptors (Lipinski definition) is 3. The summed E-state index contributed by atoms with van der Waals surface area (Å²) < 4.78 is 0. The first-order valence-corrected chi connectivity index (χ1v) is 5.71. The van der Waals surface area contributed by atoms with E-state index in [9.17, 15) is 4.79 Å². The zero-order valence-electron chi connectivity index (χ0n) is 10.2. The Bertz CT molecular complexity index is 549. The van der Waals surface area contributed by atoms with Gasteiger partial charge in [0.2, 0.25) is 5.91 Å². The number of carbonyl (C=O) groups excluding carboxylic acids is 1. The number of anilines is 2. The Morgan fingerprint density at radius 3 is 2.67 bits per heavy atom. The van der Waals surface area contributed by atoms with Gasteiger partial charge in [-0.3, -0.25) is 9.78 Å². The van der Waals surface area contributed by atoms with Gasteiger partial charge in [0.05, 0.1) is 12.1 Å². The van der Waals surface area contributed by atoms with Crippen LogP contribution >= 0.6 is 0 Å². The van der Waals surface area contributed by atoms with Gasteiger partial charge in [-0.05, 0) is 42.8 Å². The lowest BCUT2D eigenvalue weighted by Crippen LogP contribution is -2.15. The van der Waals surface area contributed by atoms with Crippen molar-refractivity contribution in [2.24, 2.45) is 0 Å². The smallest absolute Gasteiger partial charge is 0.230 e. The number of nitrogen functional groups attached to an aromatic ring is 1. The van der Waals surface area contributed by atoms with Crippen LogP contribution in [0.25, 0.3) is 0 Å². The molecule has 1 heterocycles. The first kappa shape index (κ1) is 12.1. The highest BCUT2D eigenvalue weighted by Gasteiger charge is 2.07. The largest absolute Gasteiger partial charge is 0.399 e. The lowest BCUT2D eigenvalue weighted by molar-refractivity contribution is -0.115. The number of amides is 1. The minimum atomic E-state index is -0.0819. The van der Waals surface area contributed by atoms with Gasteiger partial charge in [0.15, 0.2) is 0 Å². The molecular formula is C14H15N3O. The van der Waals surface area contributed by atoms with E-state index in [1.807, 2.05) is 19.1 Å². The van der Waals surface area contributed by atoms with Crippen LogP contribution in [0.4, 0.5) is 11.4 Å². The molecular weight excluding hydrogens is 226 g/mol. The number of aromatic nitrogens is 1. The van der Waals surface area contributed by atoms with Crippen molar-refractivity contribution in [2.75, 3.05) is 11.1 Å². The van der Waals surface area contributed by atoms with E-state index < -0.39 is 0 Å². The van der Waals surface area contributed by atoms with Gasteiger partial charge < -0.3 is 11.1 Å². The van der Waals surface area contributed by atoms with Crippen LogP contribution in [0.3, 0.4) is 0 Å². The average Bonchev–Trinajstić information content (AvgIpc) is 2.35. The second-order valence-electron chi connectivity index (χ2n) is 4.11. The molecule has 0 unspecified atom stereocenters. The summed E-state index contributed by atoms with van der Waals surface area (Å²) in [7, 11) is 0. The highest BCUT2D eigenvalue weighted by molar-refractivity contribution is 5.92. The molecule has 2 rings (SSSR count). The summed E-state index contributed by atoms with van der Waals surface area (Å²) in [5, 5.41) is 2.81. The first-order chi connectivity index (χ1) is 8.65. The number of nitrogens with zero attached hydrogens (tertiary/aromatic N) is 1. The maximum atomic E-state index is 11.8. The van der Waals surface area contributed by atoms with E-state index in [1.54, 1.807) is 30.5 Å². The molecule has 0 bridgehead atoms. The highest BCUT2D eigenvalue weighted by Crippen LogP contribution is 2.11. The van der Waals surface area contributed by atoms with Gasteiger partial charge in [-0.25, -0.2) is 0 Å². The Hall–Kier alpha value is -2.36. The third-order valence-corrected chi connectivity index (χ3v) is 2.64. The lowest BCUT2D eigenvalue weighted by atomic mass is 10.1. The Labute approximate surface area is 106 Å². The Morgan fingerprint density at radius 1 is 1.28 bits per heavy atom. The molecule has 0 radical (unpaired) electrons. The van der Waals surface area contributed by atoms with E-state index in [0.29, 0.717) is 5.69 Å². The minimum absolute atomic E-state index is 0.0819. The van der Waals surface area contributed by atoms with Gasteiger partial charge in [0.1, 0.15) is 0 Å². The number of hydrogen-bond donors (Lipinski definition) is 2. The molecule has 0 fully saturated rings. The number of pyridine rings is 1. The fraction of sp³-hybridized carbons (Fsp3) is 0.143. The van der Waals surface area contributed by atoms with E-state index in [2.05, 4.69) is 10.3 Å². The second kappa shape index (κ2) is 5.31. The lowest BCUT2D eigenvalue weighted by Gasteiger charge is -2.06. The van der Waals surface area contributed by atoms with Gasteiger partial charge >= 0.3 is 0 Å². The van der Waals surface area contributed by atoms with Crippen molar-refractivity contribution in [1.82, 2.24) is 4.98 Å². The molecule has 0 aliphatic carbocycles. The minimum Gasteiger partial charge on any atom is -0.399 e. The van der Waals surface area contributed by atoms with Crippen molar-refractivity contribution in [3.05, 3.63) is 53.9 Å². The summed E-state index contributed by atoms with van der Waals surface area (Å²) >= 11 is 0. The summed E-state index contributed by atoms with van der Waals surface area (Å²) in [6.45, 7) is 1.94. The van der Waals surface area contributed by atoms with Crippen LogP contribution < -0.4 is 11.1 Å². The summed E-state index contributed by atoms with van der Waals surface area (Å²) in [6.07, 6.45) is 1.97. The van der Waals surface area contributed by atoms with Crippen molar-refractivity contribution < 1.29 is 4.79 Å². The van der Waals surface area contributed by atoms with Crippen molar-refractivity contribution in [3.8, 4) is 0 Å². The van der Waals surface area contributed by atoms with E-state index >= 15 is 0 Å². The number of nitrogens with two attached hydrogens (primary N) is 1. The molecule has 18 heavy (non-hydrogen) atoms. The highest BCUT2D eigenvalue weighted by atomic mass is 16.1. The fourth-order valence-corrected chi connectivity index (χ4v) is 1.63. The quantitative estimate of drug-likeness (QED) is 0.809. The molecule has 1 amide bonds. The van der Waals surface area contributed by atoms with Gasteiger partial charge in [-0.15, -0.1) is 0 Å². The summed E-state index contributed by atoms with van der Waals surface area (Å²) in [4.78, 5) is 16.0. The Kier molecular flexibility index (Phi) is 3.57. The van der Waals surface area contributed by atoms with Crippen molar-refractivity contribution in [1.29, 1.82) is 0 Å². The average molecular weight is 241 g/mol. The van der Waals surface area contributed by atoms with Gasteiger partial charge in [-0.1, -0.05) is 6.07 Å². The van der Waals surface area contributed by atoms with E-state index in [0.717, 1.165) is 16.9 Å². The molecule has 0 saturated carbocycles. The standard InChI is InChI=1S/C14H15N3O/c1-10-3-2-8-16-13(10)9-14(18)17-12-6-4-11(15)5-7-12/h2-8H,9,15H2,1H3,(H,17,18). The maximum absolute atomic E-state index is 11.8. The first-order valence-electron chi connectivity index (χ1n) is 5.71. The third kappa shape index (κ3) is 3.07. The van der Waals surface area contributed by atoms with Crippen molar-refractivity contribution in [2.45, 2.75) is 13.3 Å². The SMILES string of the molecule is Cc1cccnc1CC(=O)Nc1ccc(N)cc1. The van der Waals surface area contributed by atoms with E-state index in [1.165, 1.54) is 0 Å². The number of benzene rings is 1. The molecule has 3 N–H and O–H groups in total. The molecule has 0 saturated heterocycles. The van der Waals surface area contributed by atoms with Crippen LogP contribution in [0.15, 0.2) is 42.6 Å². The van der Waals surface area contributed by atoms with E-state index in [-0.39, 0.29) is 12.3 Å². The molecule has 4 nitrogen and oxygen atoms in total. The molecule has 2 aromatic rings. The van der Waals surface area contributed by atoms with Crippen molar-refractivity contribution in [3.63, 3.8) is 0 Å². The molecule has 0 aliphatic rings. The van der Waals surface area contributed by atoms with Gasteiger partial charge in [0, 0.05) is 17.6 Å². The summed E-state index contributed by atoms with van der Waals surface area (Å²) in [6, 6.07) is 10.9. The number of nitrogens with one attached hydrogen (secondary N) is 1. The maximum Gasteiger partial charge on any atom is 0.230 e. The fourth-order valence-electron chi connectivity index (χ4n) is 1.63. The molecule has 0 spiro atoms. The normalized spacial score (nSPS) is 10.1. The Balaban J connectivity index is 2.01. The zero-order chi connectivity index (χ0) is 13.0. The summed E-state index contributed by atoms with van der Waals surface area (Å²) in [5.74, 6) is -0.0819. The topological polar surface area (TPSA) is 68.0 Å². The van der Waals surface area contributed by atoms with Crippen LogP contribution in [-0.2, 0) is 11.2 Å². The number of carbonyl (C=O) groups is 1. The van der Waals surface area contributed by atoms with Crippen molar-refractivity contribution >= 4 is 17.3 Å².